The maximum Gasteiger partial charge on any atom is 0.295 e. The zero-order valence-electron chi connectivity index (χ0n) is 10.0. The molecule has 6 nitrogen and oxygen atoms in total. The third-order valence-electron chi connectivity index (χ3n) is 2.24. The van der Waals surface area contributed by atoms with E-state index >= 15 is 0 Å². The van der Waals surface area contributed by atoms with E-state index in [2.05, 4.69) is 21.2 Å². The molecule has 0 fully saturated rings. The highest BCUT2D eigenvalue weighted by atomic mass is 79.9. The predicted octanol–water partition coefficient (Wildman–Crippen LogP) is 2.34. The van der Waals surface area contributed by atoms with Crippen LogP contribution in [0.4, 0.5) is 15.8 Å². The molecule has 0 bridgehead atoms. The van der Waals surface area contributed by atoms with Crippen LogP contribution in [0.15, 0.2) is 16.6 Å². The monoisotopic (exact) mass is 354 g/mol. The van der Waals surface area contributed by atoms with Crippen molar-refractivity contribution >= 4 is 37.1 Å². The Bertz CT molecular complexity index is 591. The summed E-state index contributed by atoms with van der Waals surface area (Å²) in [5, 5.41) is 13.5. The number of hydrogen-bond donors (Lipinski definition) is 1. The summed E-state index contributed by atoms with van der Waals surface area (Å²) in [6, 6.07) is 2.07. The van der Waals surface area contributed by atoms with Gasteiger partial charge in [0.25, 0.3) is 5.69 Å². The number of nitrogens with zero attached hydrogens (tertiary/aromatic N) is 1. The summed E-state index contributed by atoms with van der Waals surface area (Å²) in [5.74, 6) is -0.746. The number of nitrogens with one attached hydrogen (secondary N) is 1. The van der Waals surface area contributed by atoms with Crippen LogP contribution in [0.3, 0.4) is 0 Å². The summed E-state index contributed by atoms with van der Waals surface area (Å²) in [5.41, 5.74) is -0.244. The average molecular weight is 355 g/mol. The van der Waals surface area contributed by atoms with Gasteiger partial charge in [0, 0.05) is 12.8 Å². The molecule has 106 valence electrons. The van der Waals surface area contributed by atoms with Gasteiger partial charge in [-0.25, -0.2) is 12.8 Å². The highest BCUT2D eigenvalue weighted by Gasteiger charge is 2.17. The van der Waals surface area contributed by atoms with Gasteiger partial charge in [0.1, 0.15) is 21.3 Å². The Kier molecular flexibility index (Phi) is 5.24. The first-order valence-electron chi connectivity index (χ1n) is 5.26. The lowest BCUT2D eigenvalue weighted by Gasteiger charge is -2.07. The number of anilines is 1. The van der Waals surface area contributed by atoms with E-state index in [4.69, 9.17) is 0 Å². The molecule has 19 heavy (non-hydrogen) atoms. The van der Waals surface area contributed by atoms with Crippen LogP contribution in [0.2, 0.25) is 0 Å². The summed E-state index contributed by atoms with van der Waals surface area (Å²) in [4.78, 5) is 10.1. The fourth-order valence-electron chi connectivity index (χ4n) is 1.39. The number of benzene rings is 1. The van der Waals surface area contributed by atoms with Crippen molar-refractivity contribution in [3.8, 4) is 0 Å². The number of hydrogen-bond acceptors (Lipinski definition) is 5. The third kappa shape index (κ3) is 5.11. The van der Waals surface area contributed by atoms with Crippen LogP contribution in [0.5, 0.6) is 0 Å². The van der Waals surface area contributed by atoms with E-state index in [0.29, 0.717) is 6.42 Å². The summed E-state index contributed by atoms with van der Waals surface area (Å²) >= 11 is 2.94. The van der Waals surface area contributed by atoms with E-state index in [1.165, 1.54) is 6.07 Å². The molecule has 0 radical (unpaired) electrons. The second-order valence-electron chi connectivity index (χ2n) is 3.95. The van der Waals surface area contributed by atoms with Gasteiger partial charge < -0.3 is 5.32 Å². The highest BCUT2D eigenvalue weighted by molar-refractivity contribution is 9.10. The minimum Gasteiger partial charge on any atom is -0.379 e. The molecule has 1 aromatic carbocycles. The van der Waals surface area contributed by atoms with Gasteiger partial charge in [-0.3, -0.25) is 10.1 Å². The minimum atomic E-state index is -3.06. The number of nitro groups is 1. The third-order valence-corrected chi connectivity index (χ3v) is 3.88. The maximum absolute atomic E-state index is 13.2. The molecule has 0 aliphatic rings. The first kappa shape index (κ1) is 15.8. The van der Waals surface area contributed by atoms with Gasteiger partial charge in [-0.2, -0.15) is 0 Å². The van der Waals surface area contributed by atoms with Crippen molar-refractivity contribution in [2.45, 2.75) is 6.42 Å². The van der Waals surface area contributed by atoms with Crippen molar-refractivity contribution in [2.75, 3.05) is 23.9 Å². The zero-order chi connectivity index (χ0) is 14.6. The molecule has 0 unspecified atom stereocenters. The van der Waals surface area contributed by atoms with E-state index < -0.39 is 20.6 Å². The van der Waals surface area contributed by atoms with E-state index in [-0.39, 0.29) is 28.1 Å². The SMILES string of the molecule is CS(=O)(=O)CCCNc1cc(Br)c(F)cc1[N+](=O)[O-]. The summed E-state index contributed by atoms with van der Waals surface area (Å²) in [7, 11) is -3.06. The largest absolute Gasteiger partial charge is 0.379 e. The van der Waals surface area contributed by atoms with Gasteiger partial charge in [-0.05, 0) is 28.4 Å². The van der Waals surface area contributed by atoms with Crippen molar-refractivity contribution in [3.63, 3.8) is 0 Å². The molecule has 0 saturated heterocycles. The second kappa shape index (κ2) is 6.29. The normalized spacial score (nSPS) is 11.3. The lowest BCUT2D eigenvalue weighted by atomic mass is 10.2. The second-order valence-corrected chi connectivity index (χ2v) is 7.06. The van der Waals surface area contributed by atoms with Crippen molar-refractivity contribution in [1.29, 1.82) is 0 Å². The van der Waals surface area contributed by atoms with Gasteiger partial charge in [0.2, 0.25) is 0 Å². The van der Waals surface area contributed by atoms with E-state index in [1.54, 1.807) is 0 Å². The first-order valence-corrected chi connectivity index (χ1v) is 8.11. The molecule has 0 atom stereocenters. The van der Waals surface area contributed by atoms with Crippen LogP contribution in [0, 0.1) is 15.9 Å². The van der Waals surface area contributed by atoms with E-state index in [1.807, 2.05) is 0 Å². The van der Waals surface area contributed by atoms with Crippen LogP contribution < -0.4 is 5.32 Å². The van der Waals surface area contributed by atoms with Crippen LogP contribution in [-0.4, -0.2) is 31.9 Å². The maximum atomic E-state index is 13.2. The van der Waals surface area contributed by atoms with Gasteiger partial charge >= 0.3 is 0 Å². The fraction of sp³-hybridized carbons (Fsp3) is 0.400. The van der Waals surface area contributed by atoms with Crippen LogP contribution in [-0.2, 0) is 9.84 Å². The van der Waals surface area contributed by atoms with Crippen molar-refractivity contribution in [2.24, 2.45) is 0 Å². The molecule has 0 amide bonds. The lowest BCUT2D eigenvalue weighted by Crippen LogP contribution is -2.10. The molecule has 0 aliphatic heterocycles. The Morgan fingerprint density at radius 1 is 1.47 bits per heavy atom. The molecular weight excluding hydrogens is 343 g/mol. The standard InChI is InChI=1S/C10H12BrFN2O4S/c1-19(17,18)4-2-3-13-9-5-7(11)8(12)6-10(9)14(15)16/h5-6,13H,2-4H2,1H3. The molecule has 1 aromatic rings. The topological polar surface area (TPSA) is 89.3 Å². The molecule has 0 heterocycles. The summed E-state index contributed by atoms with van der Waals surface area (Å²) < 4.78 is 35.2. The molecule has 0 spiro atoms. The smallest absolute Gasteiger partial charge is 0.295 e. The molecule has 1 rings (SSSR count). The number of nitro benzene ring substituents is 1. The highest BCUT2D eigenvalue weighted by Crippen LogP contribution is 2.30. The Morgan fingerprint density at radius 3 is 2.63 bits per heavy atom. The van der Waals surface area contributed by atoms with Gasteiger partial charge in [-0.1, -0.05) is 0 Å². The molecule has 1 N–H and O–H groups in total. The van der Waals surface area contributed by atoms with Crippen LogP contribution >= 0.6 is 15.9 Å². The molecule has 0 saturated carbocycles. The van der Waals surface area contributed by atoms with Crippen molar-refractivity contribution in [3.05, 3.63) is 32.5 Å². The predicted molar refractivity (Wildman–Crippen MR) is 73.6 cm³/mol. The molecule has 9 heteroatoms. The molecular formula is C10H12BrFN2O4S. The molecule has 0 aliphatic carbocycles. The van der Waals surface area contributed by atoms with Crippen LogP contribution in [0.25, 0.3) is 0 Å². The van der Waals surface area contributed by atoms with E-state index in [9.17, 15) is 22.9 Å². The fourth-order valence-corrected chi connectivity index (χ4v) is 2.40. The Morgan fingerprint density at radius 2 is 2.11 bits per heavy atom. The zero-order valence-corrected chi connectivity index (χ0v) is 12.4. The van der Waals surface area contributed by atoms with E-state index in [0.717, 1.165) is 12.3 Å². The Hall–Kier alpha value is -1.22. The lowest BCUT2D eigenvalue weighted by molar-refractivity contribution is -0.384. The quantitative estimate of drug-likeness (QED) is 0.481. The average Bonchev–Trinajstić information content (AvgIpc) is 2.27. The Labute approximate surface area is 118 Å². The van der Waals surface area contributed by atoms with Gasteiger partial charge in [0.15, 0.2) is 0 Å². The van der Waals surface area contributed by atoms with Crippen molar-refractivity contribution < 1.29 is 17.7 Å². The minimum absolute atomic E-state index is 0.0177. The summed E-state index contributed by atoms with van der Waals surface area (Å²) in [6.45, 7) is 0.242. The van der Waals surface area contributed by atoms with Crippen molar-refractivity contribution in [1.82, 2.24) is 0 Å². The van der Waals surface area contributed by atoms with Crippen LogP contribution in [0.1, 0.15) is 6.42 Å². The number of sulfone groups is 1. The number of halogens is 2. The van der Waals surface area contributed by atoms with Gasteiger partial charge in [-0.15, -0.1) is 0 Å². The summed E-state index contributed by atoms with van der Waals surface area (Å²) in [6.07, 6.45) is 1.43. The Balaban J connectivity index is 2.77. The first-order chi connectivity index (χ1) is 8.70. The molecule has 0 aromatic heterocycles. The number of rotatable bonds is 6. The van der Waals surface area contributed by atoms with Gasteiger partial charge in [0.05, 0.1) is 21.2 Å².